The second kappa shape index (κ2) is 5.55. The zero-order valence-corrected chi connectivity index (χ0v) is 10.4. The SMILES string of the molecule is COc1ccc(CC2CCCCN2)cc1Cl. The summed E-state index contributed by atoms with van der Waals surface area (Å²) in [7, 11) is 1.64. The maximum Gasteiger partial charge on any atom is 0.137 e. The van der Waals surface area contributed by atoms with Crippen LogP contribution in [0.15, 0.2) is 18.2 Å². The Balaban J connectivity index is 2.01. The average Bonchev–Trinajstić information content (AvgIpc) is 2.31. The number of halogens is 1. The van der Waals surface area contributed by atoms with Crippen molar-refractivity contribution < 1.29 is 4.74 Å². The first-order valence-electron chi connectivity index (χ1n) is 5.85. The molecule has 1 aliphatic rings. The third kappa shape index (κ3) is 2.89. The molecule has 1 fully saturated rings. The molecule has 0 aliphatic carbocycles. The van der Waals surface area contributed by atoms with Crippen LogP contribution in [0.1, 0.15) is 24.8 Å². The van der Waals surface area contributed by atoms with Crippen LogP contribution in [0.2, 0.25) is 5.02 Å². The van der Waals surface area contributed by atoms with Gasteiger partial charge in [-0.25, -0.2) is 0 Å². The number of hydrogen-bond acceptors (Lipinski definition) is 2. The molecular formula is C13H18ClNO. The minimum atomic E-state index is 0.609. The van der Waals surface area contributed by atoms with Crippen LogP contribution in [0, 0.1) is 0 Å². The Hall–Kier alpha value is -0.730. The average molecular weight is 240 g/mol. The van der Waals surface area contributed by atoms with Gasteiger partial charge < -0.3 is 10.1 Å². The zero-order valence-electron chi connectivity index (χ0n) is 9.63. The summed E-state index contributed by atoms with van der Waals surface area (Å²) < 4.78 is 5.14. The van der Waals surface area contributed by atoms with E-state index in [0.29, 0.717) is 11.1 Å². The maximum absolute atomic E-state index is 6.10. The van der Waals surface area contributed by atoms with E-state index in [1.165, 1.54) is 24.8 Å². The third-order valence-electron chi connectivity index (χ3n) is 3.11. The van der Waals surface area contributed by atoms with Gasteiger partial charge in [0.05, 0.1) is 12.1 Å². The van der Waals surface area contributed by atoms with Gasteiger partial charge in [0, 0.05) is 6.04 Å². The molecular weight excluding hydrogens is 222 g/mol. The summed E-state index contributed by atoms with van der Waals surface area (Å²) in [6.45, 7) is 1.15. The molecule has 1 aliphatic heterocycles. The van der Waals surface area contributed by atoms with Crippen molar-refractivity contribution >= 4 is 11.6 Å². The molecule has 1 aromatic carbocycles. The number of methoxy groups -OCH3 is 1. The lowest BCUT2D eigenvalue weighted by Gasteiger charge is -2.23. The van der Waals surface area contributed by atoms with E-state index in [9.17, 15) is 0 Å². The highest BCUT2D eigenvalue weighted by Crippen LogP contribution is 2.26. The van der Waals surface area contributed by atoms with Crippen molar-refractivity contribution in [3.05, 3.63) is 28.8 Å². The Morgan fingerprint density at radius 3 is 2.94 bits per heavy atom. The molecule has 1 aromatic rings. The molecule has 0 aromatic heterocycles. The lowest BCUT2D eigenvalue weighted by atomic mass is 9.98. The molecule has 2 nitrogen and oxygen atoms in total. The standard InChI is InChI=1S/C13H18ClNO/c1-16-13-6-5-10(9-12(13)14)8-11-4-2-3-7-15-11/h5-6,9,11,15H,2-4,7-8H2,1H3. The van der Waals surface area contributed by atoms with E-state index in [0.717, 1.165) is 18.7 Å². The van der Waals surface area contributed by atoms with Crippen molar-refractivity contribution in [1.29, 1.82) is 0 Å². The van der Waals surface area contributed by atoms with Gasteiger partial charge in [-0.05, 0) is 43.5 Å². The maximum atomic E-state index is 6.10. The summed E-state index contributed by atoms with van der Waals surface area (Å²) in [5.41, 5.74) is 1.28. The van der Waals surface area contributed by atoms with Gasteiger partial charge in [0.2, 0.25) is 0 Å². The predicted octanol–water partition coefficient (Wildman–Crippen LogP) is 3.03. The van der Waals surface area contributed by atoms with Crippen molar-refractivity contribution in [2.75, 3.05) is 13.7 Å². The highest BCUT2D eigenvalue weighted by Gasteiger charge is 2.13. The summed E-state index contributed by atoms with van der Waals surface area (Å²) in [5, 5.41) is 4.25. The van der Waals surface area contributed by atoms with Crippen molar-refractivity contribution in [2.45, 2.75) is 31.7 Å². The van der Waals surface area contributed by atoms with Crippen LogP contribution in [0.5, 0.6) is 5.75 Å². The number of rotatable bonds is 3. The molecule has 2 rings (SSSR count). The minimum Gasteiger partial charge on any atom is -0.495 e. The highest BCUT2D eigenvalue weighted by molar-refractivity contribution is 6.32. The van der Waals surface area contributed by atoms with Crippen molar-refractivity contribution in [1.82, 2.24) is 5.32 Å². The van der Waals surface area contributed by atoms with Gasteiger partial charge in [-0.1, -0.05) is 24.1 Å². The predicted molar refractivity (Wildman–Crippen MR) is 67.3 cm³/mol. The highest BCUT2D eigenvalue weighted by atomic mass is 35.5. The van der Waals surface area contributed by atoms with Gasteiger partial charge in [0.1, 0.15) is 5.75 Å². The molecule has 0 bridgehead atoms. The van der Waals surface area contributed by atoms with E-state index in [1.807, 2.05) is 12.1 Å². The van der Waals surface area contributed by atoms with E-state index < -0.39 is 0 Å². The van der Waals surface area contributed by atoms with Crippen LogP contribution in [0.25, 0.3) is 0 Å². The second-order valence-electron chi connectivity index (χ2n) is 4.32. The topological polar surface area (TPSA) is 21.3 Å². The lowest BCUT2D eigenvalue weighted by Crippen LogP contribution is -2.35. The molecule has 0 radical (unpaired) electrons. The fourth-order valence-electron chi connectivity index (χ4n) is 2.22. The molecule has 1 atom stereocenters. The number of nitrogens with one attached hydrogen (secondary N) is 1. The number of benzene rings is 1. The van der Waals surface area contributed by atoms with E-state index in [4.69, 9.17) is 16.3 Å². The summed E-state index contributed by atoms with van der Waals surface area (Å²) in [5.74, 6) is 0.752. The van der Waals surface area contributed by atoms with E-state index in [2.05, 4.69) is 11.4 Å². The molecule has 1 saturated heterocycles. The molecule has 1 N–H and O–H groups in total. The Morgan fingerprint density at radius 2 is 2.31 bits per heavy atom. The second-order valence-corrected chi connectivity index (χ2v) is 4.73. The number of hydrogen-bond donors (Lipinski definition) is 1. The summed E-state index contributed by atoms with van der Waals surface area (Å²) in [4.78, 5) is 0. The van der Waals surface area contributed by atoms with Gasteiger partial charge in [0.15, 0.2) is 0 Å². The van der Waals surface area contributed by atoms with Crippen molar-refractivity contribution in [3.8, 4) is 5.75 Å². The molecule has 3 heteroatoms. The fourth-order valence-corrected chi connectivity index (χ4v) is 2.50. The lowest BCUT2D eigenvalue weighted by molar-refractivity contribution is 0.398. The molecule has 16 heavy (non-hydrogen) atoms. The first-order valence-corrected chi connectivity index (χ1v) is 6.23. The Morgan fingerprint density at radius 1 is 1.44 bits per heavy atom. The first-order chi connectivity index (χ1) is 7.79. The van der Waals surface area contributed by atoms with E-state index >= 15 is 0 Å². The summed E-state index contributed by atoms with van der Waals surface area (Å²) in [6, 6.07) is 6.66. The molecule has 0 saturated carbocycles. The normalized spacial score (nSPS) is 20.8. The largest absolute Gasteiger partial charge is 0.495 e. The third-order valence-corrected chi connectivity index (χ3v) is 3.41. The fraction of sp³-hybridized carbons (Fsp3) is 0.538. The van der Waals surface area contributed by atoms with Crippen LogP contribution < -0.4 is 10.1 Å². The Labute approximate surface area is 102 Å². The molecule has 88 valence electrons. The summed E-state index contributed by atoms with van der Waals surface area (Å²) >= 11 is 6.10. The first kappa shape index (κ1) is 11.7. The van der Waals surface area contributed by atoms with Crippen LogP contribution >= 0.6 is 11.6 Å². The van der Waals surface area contributed by atoms with Gasteiger partial charge in [-0.2, -0.15) is 0 Å². The minimum absolute atomic E-state index is 0.609. The smallest absolute Gasteiger partial charge is 0.137 e. The number of ether oxygens (including phenoxy) is 1. The van der Waals surface area contributed by atoms with Gasteiger partial charge >= 0.3 is 0 Å². The number of piperidine rings is 1. The van der Waals surface area contributed by atoms with Crippen molar-refractivity contribution in [2.24, 2.45) is 0 Å². The van der Waals surface area contributed by atoms with Gasteiger partial charge in [-0.3, -0.25) is 0 Å². The molecule has 0 spiro atoms. The van der Waals surface area contributed by atoms with Crippen molar-refractivity contribution in [3.63, 3.8) is 0 Å². The van der Waals surface area contributed by atoms with Gasteiger partial charge in [-0.15, -0.1) is 0 Å². The van der Waals surface area contributed by atoms with Crippen LogP contribution in [0.3, 0.4) is 0 Å². The van der Waals surface area contributed by atoms with Crippen LogP contribution in [0.4, 0.5) is 0 Å². The zero-order chi connectivity index (χ0) is 11.4. The van der Waals surface area contributed by atoms with Crippen LogP contribution in [-0.2, 0) is 6.42 Å². The van der Waals surface area contributed by atoms with E-state index in [1.54, 1.807) is 7.11 Å². The van der Waals surface area contributed by atoms with E-state index in [-0.39, 0.29) is 0 Å². The molecule has 0 amide bonds. The molecule has 1 heterocycles. The molecule has 1 unspecified atom stereocenters. The quantitative estimate of drug-likeness (QED) is 0.876. The Kier molecular flexibility index (Phi) is 4.08. The van der Waals surface area contributed by atoms with Gasteiger partial charge in [0.25, 0.3) is 0 Å². The van der Waals surface area contributed by atoms with Crippen LogP contribution in [-0.4, -0.2) is 19.7 Å². The summed E-state index contributed by atoms with van der Waals surface area (Å²) in [6.07, 6.45) is 4.97. The Bertz CT molecular complexity index is 348. The monoisotopic (exact) mass is 239 g/mol.